The number of carbonyl (C=O) groups excluding carboxylic acids is 1. The Balaban J connectivity index is 1.37. The van der Waals surface area contributed by atoms with E-state index in [-0.39, 0.29) is 35.9 Å². The minimum Gasteiger partial charge on any atom is -0.480 e. The Hall–Kier alpha value is -4.06. The van der Waals surface area contributed by atoms with Crippen LogP contribution in [-0.2, 0) is 9.47 Å². The number of benzene rings is 1. The number of aromatic nitrogens is 4. The van der Waals surface area contributed by atoms with Crippen molar-refractivity contribution in [2.75, 3.05) is 39.0 Å². The van der Waals surface area contributed by atoms with E-state index in [1.54, 1.807) is 18.2 Å². The van der Waals surface area contributed by atoms with Crippen LogP contribution in [0.25, 0.3) is 22.4 Å². The molecule has 42 heavy (non-hydrogen) atoms. The molecule has 2 aliphatic rings. The lowest BCUT2D eigenvalue weighted by Crippen LogP contribution is -2.50. The van der Waals surface area contributed by atoms with Gasteiger partial charge in [-0.05, 0) is 71.2 Å². The van der Waals surface area contributed by atoms with Crippen LogP contribution in [0.15, 0.2) is 36.5 Å². The molecule has 1 saturated carbocycles. The summed E-state index contributed by atoms with van der Waals surface area (Å²) >= 11 is 0. The largest absolute Gasteiger partial charge is 0.480 e. The number of amides is 1. The number of hydrogen-bond acceptors (Lipinski definition) is 10. The van der Waals surface area contributed by atoms with E-state index in [2.05, 4.69) is 32.2 Å². The van der Waals surface area contributed by atoms with E-state index < -0.39 is 11.4 Å². The zero-order valence-electron chi connectivity index (χ0n) is 24.9. The summed E-state index contributed by atoms with van der Waals surface area (Å²) in [4.78, 5) is 17.2. The van der Waals surface area contributed by atoms with Crippen LogP contribution >= 0.6 is 0 Å². The molecular weight excluding hydrogens is 543 g/mol. The van der Waals surface area contributed by atoms with Gasteiger partial charge in [0.1, 0.15) is 17.2 Å². The average Bonchev–Trinajstić information content (AvgIpc) is 3.51. The normalized spacial score (nSPS) is 17.6. The Morgan fingerprint density at radius 1 is 1.12 bits per heavy atom. The van der Waals surface area contributed by atoms with E-state index in [0.29, 0.717) is 34.9 Å². The van der Waals surface area contributed by atoms with Crippen LogP contribution < -0.4 is 14.4 Å². The fraction of sp³-hybridized carbons (Fsp3) is 0.500. The van der Waals surface area contributed by atoms with E-state index in [9.17, 15) is 4.79 Å². The maximum absolute atomic E-state index is 15.4. The topological polar surface area (TPSA) is 112 Å². The molecular formula is C30H37FN6O5. The molecule has 1 atom stereocenters. The second kappa shape index (κ2) is 11.7. The Bertz CT molecular complexity index is 1430. The molecule has 12 heteroatoms. The molecule has 0 spiro atoms. The summed E-state index contributed by atoms with van der Waals surface area (Å²) in [7, 11) is 2.97. The van der Waals surface area contributed by atoms with Gasteiger partial charge in [0.2, 0.25) is 5.88 Å². The number of halogens is 1. The fourth-order valence-electron chi connectivity index (χ4n) is 5.15. The van der Waals surface area contributed by atoms with Gasteiger partial charge in [-0.3, -0.25) is 4.90 Å². The molecule has 3 heterocycles. The van der Waals surface area contributed by atoms with Crippen molar-refractivity contribution in [1.29, 1.82) is 0 Å². The Morgan fingerprint density at radius 3 is 2.55 bits per heavy atom. The van der Waals surface area contributed by atoms with Crippen LogP contribution in [0.3, 0.4) is 0 Å². The van der Waals surface area contributed by atoms with Gasteiger partial charge >= 0.3 is 6.09 Å². The molecule has 2 fully saturated rings. The molecule has 1 unspecified atom stereocenters. The Labute approximate surface area is 244 Å². The number of carbonyl (C=O) groups is 1. The number of ether oxygens (including phenoxy) is 4. The monoisotopic (exact) mass is 580 g/mol. The summed E-state index contributed by atoms with van der Waals surface area (Å²) in [6, 6.07) is 8.17. The minimum atomic E-state index is -0.564. The molecule has 0 N–H and O–H groups in total. The number of methoxy groups -OCH3 is 2. The van der Waals surface area contributed by atoms with Gasteiger partial charge in [-0.15, -0.1) is 15.3 Å². The van der Waals surface area contributed by atoms with Gasteiger partial charge in [0.25, 0.3) is 0 Å². The first-order valence-corrected chi connectivity index (χ1v) is 13.9. The van der Waals surface area contributed by atoms with Gasteiger partial charge in [-0.1, -0.05) is 0 Å². The molecule has 1 aliphatic heterocycles. The average molecular weight is 581 g/mol. The van der Waals surface area contributed by atoms with E-state index in [1.165, 1.54) is 26.5 Å². The quantitative estimate of drug-likeness (QED) is 0.317. The van der Waals surface area contributed by atoms with Gasteiger partial charge in [-0.2, -0.15) is 5.10 Å². The lowest BCUT2D eigenvalue weighted by molar-refractivity contribution is 0.00539. The lowest BCUT2D eigenvalue weighted by atomic mass is 10.0. The van der Waals surface area contributed by atoms with Crippen LogP contribution in [0.5, 0.6) is 11.6 Å². The predicted octanol–water partition coefficient (Wildman–Crippen LogP) is 5.10. The first-order valence-electron chi connectivity index (χ1n) is 13.9. The van der Waals surface area contributed by atoms with Crippen LogP contribution in [0.1, 0.15) is 47.0 Å². The zero-order valence-corrected chi connectivity index (χ0v) is 24.9. The van der Waals surface area contributed by atoms with Gasteiger partial charge in [-0.25, -0.2) is 9.18 Å². The summed E-state index contributed by atoms with van der Waals surface area (Å²) in [6.45, 7) is 9.08. The summed E-state index contributed by atoms with van der Waals surface area (Å²) < 4.78 is 37.2. The van der Waals surface area contributed by atoms with Crippen molar-refractivity contribution in [3.05, 3.63) is 42.3 Å². The third-order valence-corrected chi connectivity index (χ3v) is 7.48. The summed E-state index contributed by atoms with van der Waals surface area (Å²) in [5.41, 5.74) is 0.885. The molecule has 2 aromatic heterocycles. The molecule has 1 aromatic carbocycles. The highest BCUT2D eigenvalue weighted by molar-refractivity contribution is 5.75. The summed E-state index contributed by atoms with van der Waals surface area (Å²) in [6.07, 6.45) is 3.91. The lowest BCUT2D eigenvalue weighted by Gasteiger charge is -2.36. The second-order valence-electron chi connectivity index (χ2n) is 11.9. The van der Waals surface area contributed by atoms with Gasteiger partial charge in [0, 0.05) is 48.5 Å². The van der Waals surface area contributed by atoms with Crippen molar-refractivity contribution in [2.45, 2.75) is 64.1 Å². The molecule has 0 radical (unpaired) electrons. The molecule has 3 aromatic rings. The van der Waals surface area contributed by atoms with E-state index in [0.717, 1.165) is 25.8 Å². The molecule has 224 valence electrons. The highest BCUT2D eigenvalue weighted by Crippen LogP contribution is 2.44. The van der Waals surface area contributed by atoms with Gasteiger partial charge < -0.3 is 23.8 Å². The maximum Gasteiger partial charge on any atom is 0.411 e. The Morgan fingerprint density at radius 2 is 1.90 bits per heavy atom. The van der Waals surface area contributed by atoms with Crippen molar-refractivity contribution in [2.24, 2.45) is 0 Å². The molecule has 1 amide bonds. The SMILES string of the molecule is COCOc1cc(-c2cnnc(OC)c2)c(F)cc1-c1ccc(N2CCC(N(C(=O)OC(C)(C)C)C3(C)CC3)C2)nn1. The number of hydrogen-bond donors (Lipinski definition) is 0. The molecule has 0 bridgehead atoms. The second-order valence-corrected chi connectivity index (χ2v) is 11.9. The fourth-order valence-corrected chi connectivity index (χ4v) is 5.15. The molecule has 11 nitrogen and oxygen atoms in total. The maximum atomic E-state index is 15.4. The van der Waals surface area contributed by atoms with Crippen LogP contribution in [0, 0.1) is 5.82 Å². The van der Waals surface area contributed by atoms with Crippen molar-refractivity contribution in [3.8, 4) is 34.0 Å². The third-order valence-electron chi connectivity index (χ3n) is 7.48. The van der Waals surface area contributed by atoms with Crippen molar-refractivity contribution in [1.82, 2.24) is 25.3 Å². The first kappa shape index (κ1) is 29.4. The molecule has 1 aliphatic carbocycles. The first-order chi connectivity index (χ1) is 20.0. The zero-order chi connectivity index (χ0) is 30.1. The van der Waals surface area contributed by atoms with Gasteiger partial charge in [0.05, 0.1) is 25.0 Å². The third kappa shape index (κ3) is 6.38. The predicted molar refractivity (Wildman–Crippen MR) is 154 cm³/mol. The van der Waals surface area contributed by atoms with E-state index in [4.69, 9.17) is 18.9 Å². The van der Waals surface area contributed by atoms with Crippen molar-refractivity contribution >= 4 is 11.9 Å². The Kier molecular flexibility index (Phi) is 8.18. The molecule has 5 rings (SSSR count). The summed E-state index contributed by atoms with van der Waals surface area (Å²) in [5.74, 6) is 0.825. The van der Waals surface area contributed by atoms with Crippen LogP contribution in [0.4, 0.5) is 15.0 Å². The highest BCUT2D eigenvalue weighted by Gasteiger charge is 2.51. The van der Waals surface area contributed by atoms with Crippen LogP contribution in [-0.4, -0.2) is 82.7 Å². The standard InChI is InChI=1S/C30H37FN6O5/c1-29(2,3)42-28(38)37(30(4)10-11-30)20-9-12-36(17-20)26-8-7-24(33-34-26)22-14-23(31)21(15-25(22)41-18-39-5)19-13-27(40-6)35-32-16-19/h7-8,13-16,20H,9-12,17-18H2,1-6H3. The van der Waals surface area contributed by atoms with Crippen LogP contribution in [0.2, 0.25) is 0 Å². The highest BCUT2D eigenvalue weighted by atomic mass is 19.1. The summed E-state index contributed by atoms with van der Waals surface area (Å²) in [5, 5.41) is 16.6. The van der Waals surface area contributed by atoms with Gasteiger partial charge in [0.15, 0.2) is 12.6 Å². The smallest absolute Gasteiger partial charge is 0.411 e. The van der Waals surface area contributed by atoms with Crippen molar-refractivity contribution < 1.29 is 28.1 Å². The number of anilines is 1. The number of nitrogens with zero attached hydrogens (tertiary/aromatic N) is 6. The number of rotatable bonds is 9. The van der Waals surface area contributed by atoms with E-state index in [1.807, 2.05) is 31.7 Å². The minimum absolute atomic E-state index is 0.00538. The molecule has 1 saturated heterocycles. The van der Waals surface area contributed by atoms with E-state index >= 15 is 4.39 Å². The van der Waals surface area contributed by atoms with Crippen molar-refractivity contribution in [3.63, 3.8) is 0 Å².